The number of carbonyl (C=O) groups is 9. The van der Waals surface area contributed by atoms with Crippen LogP contribution in [0.15, 0.2) is 109 Å². The molecule has 0 aromatic heterocycles. The van der Waals surface area contributed by atoms with Gasteiger partial charge in [0.2, 0.25) is 0 Å². The molecule has 0 saturated heterocycles. The first kappa shape index (κ1) is 110. The van der Waals surface area contributed by atoms with Crippen molar-refractivity contribution in [3.8, 4) is 0 Å². The van der Waals surface area contributed by atoms with Gasteiger partial charge in [0, 0.05) is 67.9 Å². The van der Waals surface area contributed by atoms with Crippen LogP contribution in [-0.2, 0) is 85.8 Å². The lowest BCUT2D eigenvalue weighted by atomic mass is 9.59. The first-order chi connectivity index (χ1) is 62.5. The van der Waals surface area contributed by atoms with E-state index in [4.69, 9.17) is 42.6 Å². The molecule has 18 heteroatoms. The molecule has 135 heavy (non-hydrogen) atoms. The van der Waals surface area contributed by atoms with Crippen molar-refractivity contribution < 1.29 is 85.8 Å². The summed E-state index contributed by atoms with van der Waals surface area (Å²) in [6.07, 6.45) is 29.7. The zero-order valence-electron chi connectivity index (χ0n) is 88.7. The molecule has 756 valence electrons. The van der Waals surface area contributed by atoms with Gasteiger partial charge in [0.05, 0.1) is 0 Å². The number of carbonyl (C=O) groups excluding carboxylic acids is 9. The van der Waals surface area contributed by atoms with Gasteiger partial charge in [0.25, 0.3) is 0 Å². The van der Waals surface area contributed by atoms with E-state index in [0.717, 1.165) is 129 Å². The molecule has 0 aromatic rings. The van der Waals surface area contributed by atoms with Crippen molar-refractivity contribution in [3.63, 3.8) is 0 Å². The van der Waals surface area contributed by atoms with Gasteiger partial charge in [0.15, 0.2) is 0 Å². The normalized spacial score (nSPS) is 38.7. The van der Waals surface area contributed by atoms with Gasteiger partial charge in [-0.3, -0.25) is 0 Å². The second-order valence-corrected chi connectivity index (χ2v) is 50.6. The number of ether oxygens (including phenoxy) is 9. The zero-order chi connectivity index (χ0) is 101. The van der Waals surface area contributed by atoms with Crippen LogP contribution in [0.3, 0.4) is 0 Å². The fraction of sp³-hybridized carbons (Fsp3) is 0.769. The fourth-order valence-electron chi connectivity index (χ4n) is 28.9. The highest BCUT2D eigenvalue weighted by Gasteiger charge is 2.64. The maximum Gasteiger partial charge on any atom is 0.333 e. The first-order valence-corrected chi connectivity index (χ1v) is 52.3. The lowest BCUT2D eigenvalue weighted by Crippen LogP contribution is -2.45. The van der Waals surface area contributed by atoms with Crippen LogP contribution in [0, 0.1) is 175 Å². The molecular formula is C117H180O18. The van der Waals surface area contributed by atoms with Gasteiger partial charge in [-0.25, -0.2) is 43.2 Å². The smallest absolute Gasteiger partial charge is 0.333 e. The highest BCUT2D eigenvalue weighted by molar-refractivity contribution is 5.90. The van der Waals surface area contributed by atoms with Gasteiger partial charge in [-0.2, -0.15) is 0 Å². The van der Waals surface area contributed by atoms with Gasteiger partial charge in [0.1, 0.15) is 54.9 Å². The number of rotatable bonds is 18. The molecule has 0 heterocycles. The van der Waals surface area contributed by atoms with Gasteiger partial charge in [-0.1, -0.05) is 184 Å². The van der Waals surface area contributed by atoms with Gasteiger partial charge >= 0.3 is 53.7 Å². The number of hydrogen-bond acceptors (Lipinski definition) is 18. The van der Waals surface area contributed by atoms with E-state index in [-0.39, 0.29) is 114 Å². The van der Waals surface area contributed by atoms with Crippen LogP contribution in [0.25, 0.3) is 0 Å². The van der Waals surface area contributed by atoms with Gasteiger partial charge < -0.3 is 42.6 Å². The average Bonchev–Trinajstić information content (AvgIpc) is 1.53. The summed E-state index contributed by atoms with van der Waals surface area (Å²) in [6, 6.07) is 0. The van der Waals surface area contributed by atoms with Crippen LogP contribution in [0.1, 0.15) is 341 Å². The molecule has 18 aliphatic rings. The SMILES string of the molecule is C=C(C)C(=O)OC1CC2CC(C)C1C2.C=C(C)C(=O)OC1CC2CC1C(C)(C)C2.C=C(C)C(=O)OC1CC2CC1C(C)(C)C2(C)C.C=C(C)C(=O)OC1CC2CC1C(C)(C)C2C.C=C(C)C(=O)OC1CC2CC1C(C)C2(C)C.C=C(C)C(=O)OC1CC2CC1C(C)C2C.C=C(C)C(=O)OC1CC2CC1CC2(C)C.C=C(C)C(=O)OC1CC2CC1CC2C.C=C(C)C(=O)OC1CC2CCC1C2. The van der Waals surface area contributed by atoms with Crippen LogP contribution < -0.4 is 0 Å². The minimum absolute atomic E-state index is 0.104. The van der Waals surface area contributed by atoms with E-state index in [2.05, 4.69) is 184 Å². The predicted octanol–water partition coefficient (Wildman–Crippen LogP) is 25.9. The Labute approximate surface area is 814 Å². The Morgan fingerprint density at radius 2 is 0.630 bits per heavy atom. The molecule has 18 rings (SSSR count). The second kappa shape index (κ2) is 43.5. The molecular weight excluding hydrogens is 1690 g/mol. The van der Waals surface area contributed by atoms with Gasteiger partial charge in [-0.05, 0) is 373 Å². The monoisotopic (exact) mass is 1870 g/mol. The Morgan fingerprint density at radius 3 is 0.970 bits per heavy atom. The van der Waals surface area contributed by atoms with E-state index in [0.29, 0.717) is 148 Å². The fourth-order valence-corrected chi connectivity index (χ4v) is 28.9. The summed E-state index contributed by atoms with van der Waals surface area (Å²) in [5.74, 6) is 14.6. The van der Waals surface area contributed by atoms with Crippen LogP contribution in [0.2, 0.25) is 0 Å². The van der Waals surface area contributed by atoms with Crippen LogP contribution in [-0.4, -0.2) is 109 Å². The quantitative estimate of drug-likeness (QED) is 0.0704. The topological polar surface area (TPSA) is 237 Å². The third-order valence-electron chi connectivity index (χ3n) is 39.1. The predicted molar refractivity (Wildman–Crippen MR) is 534 cm³/mol. The standard InChI is InChI=1S/C15H24O2.2C14H22O2.3C13H20O2.2C12H18O2.C11H16O2/c1-9(2)13(16)17-12-8-10-7-11(12)15(5,6)14(10,3)4;1-8(2)13(15)16-12-7-10-6-11(12)9(3)14(10,4)5;1-8(2)13(15)16-12-7-10-6-11(12)14(4,5)9(10)3;1-8(2)12(14)15-11-6-10-5-9(11)7-13(10,3)4;1-8(2)12(14)15-11-6-9-5-10(11)13(3,4)7-9;1-7(2)13(14)15-12-6-10-5-11(12)9(4)8(10)3;1-7(2)12(13)14-11-6-9-5-10(11)4-8(9)3;1-7(2)12(13)14-11-6-9-4-8(3)10(11)5-9;1-7(2)11(12)13-10-6-8-3-4-9(10)5-8/h10-12H,1,7-8H2,2-6H3;2*9-12H,1,6-7H2,2-5H3;2*9-11H,1,5-7H2,2-4H3;8-12H,1,5-6H2,2-4H3;2*8-11H,1,4-6H2,2-3H3;8-10H,1,3-6H2,2H3. The van der Waals surface area contributed by atoms with Crippen molar-refractivity contribution in [1.82, 2.24) is 0 Å². The molecule has 18 nitrogen and oxygen atoms in total. The van der Waals surface area contributed by atoms with Crippen molar-refractivity contribution in [1.29, 1.82) is 0 Å². The summed E-state index contributed by atoms with van der Waals surface area (Å²) in [5.41, 5.74) is 6.72. The van der Waals surface area contributed by atoms with Crippen LogP contribution >= 0.6 is 0 Å². The minimum atomic E-state index is -0.226. The van der Waals surface area contributed by atoms with E-state index in [1.54, 1.807) is 62.3 Å². The lowest BCUT2D eigenvalue weighted by molar-refractivity contribution is -0.153. The first-order valence-electron chi connectivity index (χ1n) is 52.3. The molecule has 0 N–H and O–H groups in total. The third-order valence-corrected chi connectivity index (χ3v) is 39.1. The summed E-state index contributed by atoms with van der Waals surface area (Å²) in [6.45, 7) is 89.7. The molecule has 0 aliphatic heterocycles. The van der Waals surface area contributed by atoms with E-state index in [1.165, 1.54) is 96.3 Å². The highest BCUT2D eigenvalue weighted by Crippen LogP contribution is 2.68. The Hall–Kier alpha value is -7.11. The second-order valence-electron chi connectivity index (χ2n) is 50.6. The lowest BCUT2D eigenvalue weighted by Gasteiger charge is -2.47. The maximum atomic E-state index is 11.6. The van der Waals surface area contributed by atoms with Crippen molar-refractivity contribution in [2.45, 2.75) is 396 Å². The summed E-state index contributed by atoms with van der Waals surface area (Å²) >= 11 is 0. The third kappa shape index (κ3) is 25.1. The molecule has 0 aromatic carbocycles. The van der Waals surface area contributed by atoms with E-state index < -0.39 is 0 Å². The van der Waals surface area contributed by atoms with E-state index in [9.17, 15) is 43.2 Å². The summed E-state index contributed by atoms with van der Waals surface area (Å²) in [5, 5.41) is 0. The summed E-state index contributed by atoms with van der Waals surface area (Å²) in [4.78, 5) is 103. The Bertz CT molecular complexity index is 4450. The molecule has 18 saturated carbocycles. The van der Waals surface area contributed by atoms with Crippen molar-refractivity contribution in [2.24, 2.45) is 175 Å². The number of fused-ring (bicyclic) bond motifs is 18. The van der Waals surface area contributed by atoms with Crippen molar-refractivity contribution >= 4 is 53.7 Å². The largest absolute Gasteiger partial charge is 0.459 e. The molecule has 18 aliphatic carbocycles. The molecule has 18 bridgehead atoms. The van der Waals surface area contributed by atoms with Crippen molar-refractivity contribution in [3.05, 3.63) is 109 Å². The van der Waals surface area contributed by atoms with Crippen LogP contribution in [0.4, 0.5) is 0 Å². The van der Waals surface area contributed by atoms with E-state index >= 15 is 0 Å². The minimum Gasteiger partial charge on any atom is -0.459 e. The molecule has 0 radical (unpaired) electrons. The molecule has 33 atom stereocenters. The Morgan fingerprint density at radius 1 is 0.230 bits per heavy atom. The Balaban J connectivity index is 0.000000157. The summed E-state index contributed by atoms with van der Waals surface area (Å²) in [7, 11) is 0. The molecule has 0 amide bonds. The van der Waals surface area contributed by atoms with Crippen LogP contribution in [0.5, 0.6) is 0 Å². The van der Waals surface area contributed by atoms with Crippen molar-refractivity contribution in [2.75, 3.05) is 0 Å². The molecule has 33 unspecified atom stereocenters. The Kier molecular flexibility index (Phi) is 35.4. The number of esters is 9. The van der Waals surface area contributed by atoms with E-state index in [1.807, 2.05) is 0 Å². The van der Waals surface area contributed by atoms with Gasteiger partial charge in [-0.15, -0.1) is 0 Å². The highest BCUT2D eigenvalue weighted by atomic mass is 16.6. The number of hydrogen-bond donors (Lipinski definition) is 0. The maximum absolute atomic E-state index is 11.6. The average molecular weight is 1870 g/mol. The molecule has 0 spiro atoms. The molecule has 18 fully saturated rings. The zero-order valence-corrected chi connectivity index (χ0v) is 88.7. The summed E-state index contributed by atoms with van der Waals surface area (Å²) < 4.78 is 49.4.